The highest BCUT2D eigenvalue weighted by Gasteiger charge is 2.29. The Morgan fingerprint density at radius 2 is 1.73 bits per heavy atom. The first kappa shape index (κ1) is 19.9. The molecule has 2 aromatic carbocycles. The SMILES string of the molecule is CC1=NN(c2cccc(Cl)c2)C(=O)C1=Cc1c(C)[nH]n(-c2ccc(C)c(C)c2)c1=O. The van der Waals surface area contributed by atoms with Gasteiger partial charge in [-0.25, -0.2) is 4.68 Å². The Morgan fingerprint density at radius 3 is 2.43 bits per heavy atom. The topological polar surface area (TPSA) is 70.5 Å². The van der Waals surface area contributed by atoms with E-state index in [4.69, 9.17) is 11.6 Å². The Balaban J connectivity index is 1.74. The molecule has 0 unspecified atom stereocenters. The van der Waals surface area contributed by atoms with Crippen LogP contribution in [0, 0.1) is 20.8 Å². The van der Waals surface area contributed by atoms with E-state index in [1.807, 2.05) is 39.0 Å². The van der Waals surface area contributed by atoms with Crippen LogP contribution in [-0.2, 0) is 4.79 Å². The van der Waals surface area contributed by atoms with E-state index in [2.05, 4.69) is 10.2 Å². The predicted octanol–water partition coefficient (Wildman–Crippen LogP) is 4.55. The molecule has 0 saturated carbocycles. The lowest BCUT2D eigenvalue weighted by Crippen LogP contribution is -2.22. The van der Waals surface area contributed by atoms with Crippen LogP contribution in [0.5, 0.6) is 0 Å². The first-order valence-electron chi connectivity index (χ1n) is 9.53. The lowest BCUT2D eigenvalue weighted by Gasteiger charge is -2.11. The molecular weight excluding hydrogens is 400 g/mol. The third kappa shape index (κ3) is 3.39. The number of H-pyrrole nitrogens is 1. The minimum Gasteiger partial charge on any atom is -0.295 e. The third-order valence-electron chi connectivity index (χ3n) is 5.27. The molecule has 1 amide bonds. The average Bonchev–Trinajstić information content (AvgIpc) is 3.15. The van der Waals surface area contributed by atoms with Gasteiger partial charge in [-0.1, -0.05) is 23.7 Å². The zero-order valence-corrected chi connectivity index (χ0v) is 17.9. The van der Waals surface area contributed by atoms with E-state index in [1.165, 1.54) is 9.69 Å². The summed E-state index contributed by atoms with van der Waals surface area (Å²) in [5.74, 6) is -0.299. The molecule has 0 bridgehead atoms. The maximum atomic E-state index is 13.1. The van der Waals surface area contributed by atoms with Gasteiger partial charge in [-0.3, -0.25) is 14.7 Å². The van der Waals surface area contributed by atoms with Crippen LogP contribution in [0.25, 0.3) is 11.8 Å². The molecule has 0 radical (unpaired) electrons. The van der Waals surface area contributed by atoms with Gasteiger partial charge in [0.25, 0.3) is 11.5 Å². The largest absolute Gasteiger partial charge is 0.295 e. The Hall–Kier alpha value is -3.38. The molecule has 0 fully saturated rings. The summed E-state index contributed by atoms with van der Waals surface area (Å²) < 4.78 is 1.49. The number of aromatic amines is 1. The van der Waals surface area contributed by atoms with Gasteiger partial charge in [0.15, 0.2) is 0 Å². The molecule has 7 heteroatoms. The maximum absolute atomic E-state index is 13.1. The molecule has 152 valence electrons. The summed E-state index contributed by atoms with van der Waals surface area (Å²) in [6, 6.07) is 12.8. The van der Waals surface area contributed by atoms with Gasteiger partial charge in [0.2, 0.25) is 0 Å². The Labute approximate surface area is 179 Å². The summed E-state index contributed by atoms with van der Waals surface area (Å²) in [4.78, 5) is 26.1. The zero-order chi connectivity index (χ0) is 21.6. The van der Waals surface area contributed by atoms with E-state index in [1.54, 1.807) is 37.3 Å². The number of aromatic nitrogens is 2. The number of halogens is 1. The van der Waals surface area contributed by atoms with Gasteiger partial charge >= 0.3 is 0 Å². The maximum Gasteiger partial charge on any atom is 0.280 e. The van der Waals surface area contributed by atoms with Crippen molar-refractivity contribution in [3.63, 3.8) is 0 Å². The van der Waals surface area contributed by atoms with Crippen molar-refractivity contribution in [2.75, 3.05) is 5.01 Å². The van der Waals surface area contributed by atoms with Crippen LogP contribution in [0.1, 0.15) is 29.3 Å². The number of hydrogen-bond donors (Lipinski definition) is 1. The molecule has 0 spiro atoms. The lowest BCUT2D eigenvalue weighted by molar-refractivity contribution is -0.114. The van der Waals surface area contributed by atoms with Crippen molar-refractivity contribution in [2.45, 2.75) is 27.7 Å². The highest BCUT2D eigenvalue weighted by Crippen LogP contribution is 2.27. The molecule has 2 heterocycles. The number of benzene rings is 2. The van der Waals surface area contributed by atoms with Gasteiger partial charge in [0, 0.05) is 10.7 Å². The number of nitrogens with zero attached hydrogens (tertiary/aromatic N) is 3. The third-order valence-corrected chi connectivity index (χ3v) is 5.50. The normalized spacial score (nSPS) is 15.2. The second-order valence-corrected chi connectivity index (χ2v) is 7.84. The molecule has 1 N–H and O–H groups in total. The van der Waals surface area contributed by atoms with E-state index in [9.17, 15) is 9.59 Å². The number of rotatable bonds is 3. The van der Waals surface area contributed by atoms with Gasteiger partial charge in [0.05, 0.1) is 28.2 Å². The molecule has 6 nitrogen and oxygen atoms in total. The lowest BCUT2D eigenvalue weighted by atomic mass is 10.1. The van der Waals surface area contributed by atoms with Crippen LogP contribution in [0.3, 0.4) is 0 Å². The molecular formula is C23H21ClN4O2. The van der Waals surface area contributed by atoms with Crippen LogP contribution in [-0.4, -0.2) is 21.4 Å². The van der Waals surface area contributed by atoms with Crippen molar-refractivity contribution < 1.29 is 4.79 Å². The number of amides is 1. The van der Waals surface area contributed by atoms with Gasteiger partial charge in [-0.15, -0.1) is 0 Å². The smallest absolute Gasteiger partial charge is 0.280 e. The number of nitrogens with one attached hydrogen (secondary N) is 1. The number of hydrogen-bond acceptors (Lipinski definition) is 3. The molecule has 1 aromatic heterocycles. The Morgan fingerprint density at radius 1 is 0.967 bits per heavy atom. The van der Waals surface area contributed by atoms with Crippen LogP contribution >= 0.6 is 11.6 Å². The summed E-state index contributed by atoms with van der Waals surface area (Å²) in [5, 5.41) is 9.29. The van der Waals surface area contributed by atoms with E-state index >= 15 is 0 Å². The summed E-state index contributed by atoms with van der Waals surface area (Å²) in [5.41, 5.74) is 5.38. The van der Waals surface area contributed by atoms with Crippen molar-refractivity contribution in [2.24, 2.45) is 5.10 Å². The van der Waals surface area contributed by atoms with Gasteiger partial charge in [0.1, 0.15) is 0 Å². The highest BCUT2D eigenvalue weighted by atomic mass is 35.5. The van der Waals surface area contributed by atoms with Crippen LogP contribution < -0.4 is 10.6 Å². The molecule has 0 atom stereocenters. The molecule has 0 aliphatic carbocycles. The van der Waals surface area contributed by atoms with E-state index < -0.39 is 0 Å². The van der Waals surface area contributed by atoms with Gasteiger partial charge in [-0.2, -0.15) is 10.1 Å². The van der Waals surface area contributed by atoms with Crippen molar-refractivity contribution in [3.05, 3.63) is 85.8 Å². The minimum absolute atomic E-state index is 0.218. The first-order valence-corrected chi connectivity index (χ1v) is 9.90. The van der Waals surface area contributed by atoms with Crippen molar-refractivity contribution in [3.8, 4) is 5.69 Å². The van der Waals surface area contributed by atoms with E-state index in [-0.39, 0.29) is 11.5 Å². The summed E-state index contributed by atoms with van der Waals surface area (Å²) >= 11 is 6.05. The van der Waals surface area contributed by atoms with Crippen LogP contribution in [0.2, 0.25) is 5.02 Å². The number of aryl methyl sites for hydroxylation is 3. The van der Waals surface area contributed by atoms with Crippen molar-refractivity contribution in [1.82, 2.24) is 9.78 Å². The van der Waals surface area contributed by atoms with Crippen LogP contribution in [0.4, 0.5) is 5.69 Å². The number of anilines is 1. The fourth-order valence-corrected chi connectivity index (χ4v) is 3.57. The molecule has 1 aliphatic rings. The molecule has 4 rings (SSSR count). The van der Waals surface area contributed by atoms with Crippen molar-refractivity contribution in [1.29, 1.82) is 0 Å². The minimum atomic E-state index is -0.299. The van der Waals surface area contributed by atoms with Gasteiger partial charge < -0.3 is 0 Å². The first-order chi connectivity index (χ1) is 14.3. The second-order valence-electron chi connectivity index (χ2n) is 7.40. The zero-order valence-electron chi connectivity index (χ0n) is 17.2. The predicted molar refractivity (Wildman–Crippen MR) is 121 cm³/mol. The van der Waals surface area contributed by atoms with E-state index in [0.717, 1.165) is 16.8 Å². The quantitative estimate of drug-likeness (QED) is 0.631. The molecule has 1 aliphatic heterocycles. The van der Waals surface area contributed by atoms with Crippen molar-refractivity contribution >= 4 is 35.0 Å². The average molecular weight is 421 g/mol. The molecule has 30 heavy (non-hydrogen) atoms. The summed E-state index contributed by atoms with van der Waals surface area (Å²) in [7, 11) is 0. The standard InChI is InChI=1S/C23H21ClN4O2/c1-13-8-9-19(10-14(13)2)28-23(30)21(16(4)26-28)12-20-15(3)25-27(22(20)29)18-7-5-6-17(24)11-18/h5-12,26H,1-4H3. The molecule has 0 saturated heterocycles. The van der Waals surface area contributed by atoms with Gasteiger partial charge in [-0.05, 0) is 75.2 Å². The fraction of sp³-hybridized carbons (Fsp3) is 0.174. The summed E-state index contributed by atoms with van der Waals surface area (Å²) in [6.45, 7) is 7.59. The number of carbonyl (C=O) groups is 1. The van der Waals surface area contributed by atoms with Crippen LogP contribution in [0.15, 0.2) is 57.9 Å². The Bertz CT molecular complexity index is 1300. The Kier molecular flexibility index (Phi) is 4.95. The number of hydrazone groups is 1. The fourth-order valence-electron chi connectivity index (χ4n) is 3.39. The molecule has 3 aromatic rings. The monoisotopic (exact) mass is 420 g/mol. The van der Waals surface area contributed by atoms with E-state index in [0.29, 0.717) is 33.3 Å². The number of carbonyl (C=O) groups excluding carboxylic acids is 1. The summed E-state index contributed by atoms with van der Waals surface area (Å²) in [6.07, 6.45) is 1.61. The highest BCUT2D eigenvalue weighted by molar-refractivity contribution is 6.33. The second kappa shape index (κ2) is 7.46.